The van der Waals surface area contributed by atoms with Gasteiger partial charge in [-0.25, -0.2) is 9.59 Å². The van der Waals surface area contributed by atoms with Crippen molar-refractivity contribution in [3.63, 3.8) is 0 Å². The lowest BCUT2D eigenvalue weighted by atomic mass is 9.97. The van der Waals surface area contributed by atoms with Crippen molar-refractivity contribution < 1.29 is 24.2 Å². The Hall–Kier alpha value is -2.04. The number of carbonyl (C=O) groups is 2. The van der Waals surface area contributed by atoms with Crippen LogP contribution >= 0.6 is 0 Å². The van der Waals surface area contributed by atoms with Crippen molar-refractivity contribution in [2.45, 2.75) is 52.6 Å². The summed E-state index contributed by atoms with van der Waals surface area (Å²) in [7, 11) is 0. The maximum atomic E-state index is 11.3. The zero-order valence-electron chi connectivity index (χ0n) is 13.4. The lowest BCUT2D eigenvalue weighted by molar-refractivity contribution is 0.0297. The highest BCUT2D eigenvalue weighted by Crippen LogP contribution is 2.17. The van der Waals surface area contributed by atoms with Gasteiger partial charge in [-0.3, -0.25) is 0 Å². The Labute approximate surface area is 131 Å². The van der Waals surface area contributed by atoms with Crippen LogP contribution in [-0.4, -0.2) is 29.9 Å². The lowest BCUT2D eigenvalue weighted by Crippen LogP contribution is -2.17. The van der Waals surface area contributed by atoms with Gasteiger partial charge in [-0.05, 0) is 50.3 Å². The minimum absolute atomic E-state index is 0.272. The second-order valence-corrected chi connectivity index (χ2v) is 5.20. The second kappa shape index (κ2) is 9.07. The minimum atomic E-state index is -0.933. The van der Waals surface area contributed by atoms with Crippen molar-refractivity contribution in [2.75, 3.05) is 6.61 Å². The van der Waals surface area contributed by atoms with E-state index >= 15 is 0 Å². The number of benzene rings is 1. The zero-order chi connectivity index (χ0) is 16.5. The Morgan fingerprint density at radius 1 is 1.23 bits per heavy atom. The summed E-state index contributed by atoms with van der Waals surface area (Å²) < 4.78 is 9.80. The molecule has 1 aromatic rings. The molecule has 122 valence electrons. The van der Waals surface area contributed by atoms with Crippen molar-refractivity contribution in [3.05, 3.63) is 34.9 Å². The highest BCUT2D eigenvalue weighted by Gasteiger charge is 2.14. The summed E-state index contributed by atoms with van der Waals surface area (Å²) in [6.45, 7) is 5.84. The molecule has 0 aromatic heterocycles. The third-order valence-electron chi connectivity index (χ3n) is 3.32. The van der Waals surface area contributed by atoms with Gasteiger partial charge in [0.25, 0.3) is 0 Å². The highest BCUT2D eigenvalue weighted by molar-refractivity contribution is 5.89. The van der Waals surface area contributed by atoms with Gasteiger partial charge in [0.05, 0.1) is 12.2 Å². The minimum Gasteiger partial charge on any atom is -0.478 e. The van der Waals surface area contributed by atoms with Crippen LogP contribution in [0.1, 0.15) is 55.1 Å². The average Bonchev–Trinajstić information content (AvgIpc) is 2.45. The van der Waals surface area contributed by atoms with Crippen molar-refractivity contribution in [1.29, 1.82) is 0 Å². The highest BCUT2D eigenvalue weighted by atomic mass is 16.7. The molecule has 0 radical (unpaired) electrons. The van der Waals surface area contributed by atoms with E-state index in [1.807, 2.05) is 12.1 Å². The van der Waals surface area contributed by atoms with Crippen molar-refractivity contribution in [2.24, 2.45) is 0 Å². The van der Waals surface area contributed by atoms with E-state index in [0.717, 1.165) is 24.0 Å². The second-order valence-electron chi connectivity index (χ2n) is 5.20. The number of rotatable bonds is 8. The van der Waals surface area contributed by atoms with Crippen LogP contribution in [0.25, 0.3) is 0 Å². The van der Waals surface area contributed by atoms with E-state index < -0.39 is 12.1 Å². The maximum Gasteiger partial charge on any atom is 0.508 e. The van der Waals surface area contributed by atoms with E-state index in [2.05, 4.69) is 6.92 Å². The van der Waals surface area contributed by atoms with Gasteiger partial charge in [-0.15, -0.1) is 0 Å². The van der Waals surface area contributed by atoms with E-state index in [-0.39, 0.29) is 12.7 Å². The molecule has 0 aliphatic heterocycles. The van der Waals surface area contributed by atoms with Gasteiger partial charge in [-0.2, -0.15) is 0 Å². The third kappa shape index (κ3) is 5.76. The van der Waals surface area contributed by atoms with Gasteiger partial charge >= 0.3 is 12.1 Å². The van der Waals surface area contributed by atoms with Gasteiger partial charge in [-0.1, -0.05) is 25.5 Å². The fourth-order valence-corrected chi connectivity index (χ4v) is 2.24. The number of aryl methyl sites for hydroxylation is 2. The molecule has 0 fully saturated rings. The molecule has 1 aromatic carbocycles. The molecule has 1 N–H and O–H groups in total. The van der Waals surface area contributed by atoms with Crippen LogP contribution in [0.2, 0.25) is 0 Å². The Morgan fingerprint density at radius 2 is 1.95 bits per heavy atom. The fraction of sp³-hybridized carbons (Fsp3) is 0.529. The van der Waals surface area contributed by atoms with E-state index in [1.165, 1.54) is 0 Å². The smallest absolute Gasteiger partial charge is 0.478 e. The summed E-state index contributed by atoms with van der Waals surface area (Å²) in [5, 5.41) is 9.26. The number of aromatic carboxylic acids is 1. The number of carbonyl (C=O) groups excluding carboxylic acids is 1. The molecule has 5 nitrogen and oxygen atoms in total. The van der Waals surface area contributed by atoms with Crippen molar-refractivity contribution in [3.8, 4) is 0 Å². The normalized spacial score (nSPS) is 11.8. The average molecular weight is 308 g/mol. The SMILES string of the molecule is CCCc1ccc(C(=O)O)c(CCC(C)OC(=O)OCC)c1. The standard InChI is InChI=1S/C17H24O5/c1-4-6-13-8-10-15(16(18)19)14(11-13)9-7-12(3)22-17(20)21-5-2/h8,10-12H,4-7,9H2,1-3H3,(H,18,19). The van der Waals surface area contributed by atoms with Crippen LogP contribution in [0.3, 0.4) is 0 Å². The Morgan fingerprint density at radius 3 is 2.55 bits per heavy atom. The number of hydrogen-bond acceptors (Lipinski definition) is 4. The summed E-state index contributed by atoms with van der Waals surface area (Å²) in [4.78, 5) is 22.5. The topological polar surface area (TPSA) is 72.8 Å². The van der Waals surface area contributed by atoms with Crippen molar-refractivity contribution in [1.82, 2.24) is 0 Å². The van der Waals surface area contributed by atoms with Gasteiger partial charge < -0.3 is 14.6 Å². The first kappa shape index (κ1) is 18.0. The molecule has 0 aliphatic rings. The molecule has 0 saturated carbocycles. The monoisotopic (exact) mass is 308 g/mol. The Balaban J connectivity index is 2.71. The summed E-state index contributed by atoms with van der Waals surface area (Å²) in [6.07, 6.45) is 2.01. The van der Waals surface area contributed by atoms with Crippen molar-refractivity contribution >= 4 is 12.1 Å². The molecular weight excluding hydrogens is 284 g/mol. The van der Waals surface area contributed by atoms with Crippen LogP contribution in [0, 0.1) is 0 Å². The van der Waals surface area contributed by atoms with Gasteiger partial charge in [0.15, 0.2) is 0 Å². The molecule has 0 saturated heterocycles. The third-order valence-corrected chi connectivity index (χ3v) is 3.32. The van der Waals surface area contributed by atoms with Gasteiger partial charge in [0, 0.05) is 0 Å². The first-order chi connectivity index (χ1) is 10.5. The van der Waals surface area contributed by atoms with Gasteiger partial charge in [0.2, 0.25) is 0 Å². The van der Waals surface area contributed by atoms with E-state index in [1.54, 1.807) is 19.9 Å². The van der Waals surface area contributed by atoms with E-state index in [9.17, 15) is 14.7 Å². The molecule has 0 spiro atoms. The molecule has 1 rings (SSSR count). The summed E-state index contributed by atoms with van der Waals surface area (Å²) >= 11 is 0. The maximum absolute atomic E-state index is 11.3. The molecule has 1 unspecified atom stereocenters. The molecule has 0 aliphatic carbocycles. The van der Waals surface area contributed by atoms with E-state index in [0.29, 0.717) is 18.4 Å². The van der Waals surface area contributed by atoms with Crippen LogP contribution in [0.5, 0.6) is 0 Å². The Kier molecular flexibility index (Phi) is 7.43. The molecule has 22 heavy (non-hydrogen) atoms. The van der Waals surface area contributed by atoms with Crippen LogP contribution in [0.4, 0.5) is 4.79 Å². The van der Waals surface area contributed by atoms with Crippen LogP contribution in [-0.2, 0) is 22.3 Å². The van der Waals surface area contributed by atoms with E-state index in [4.69, 9.17) is 9.47 Å². The fourth-order valence-electron chi connectivity index (χ4n) is 2.24. The number of carboxylic acids is 1. The molecule has 1 atom stereocenters. The molecule has 0 amide bonds. The number of hydrogen-bond donors (Lipinski definition) is 1. The number of ether oxygens (including phenoxy) is 2. The Bertz CT molecular complexity index is 510. The molecule has 5 heteroatoms. The van der Waals surface area contributed by atoms with Gasteiger partial charge in [0.1, 0.15) is 6.10 Å². The first-order valence-corrected chi connectivity index (χ1v) is 7.66. The first-order valence-electron chi connectivity index (χ1n) is 7.66. The zero-order valence-corrected chi connectivity index (χ0v) is 13.4. The summed E-state index contributed by atoms with van der Waals surface area (Å²) in [5.41, 5.74) is 2.21. The predicted octanol–water partition coefficient (Wildman–Crippen LogP) is 3.83. The molecule has 0 heterocycles. The largest absolute Gasteiger partial charge is 0.508 e. The molecule has 0 bridgehead atoms. The van der Waals surface area contributed by atoms with Crippen LogP contribution < -0.4 is 0 Å². The van der Waals surface area contributed by atoms with Crippen LogP contribution in [0.15, 0.2) is 18.2 Å². The summed E-state index contributed by atoms with van der Waals surface area (Å²) in [5.74, 6) is -0.933. The lowest BCUT2D eigenvalue weighted by Gasteiger charge is -2.14. The molecular formula is C17H24O5. The summed E-state index contributed by atoms with van der Waals surface area (Å²) in [6, 6.07) is 5.44. The quantitative estimate of drug-likeness (QED) is 0.739. The number of carboxylic acid groups (broad SMARTS) is 1. The predicted molar refractivity (Wildman–Crippen MR) is 83.3 cm³/mol.